The first-order chi connectivity index (χ1) is 13.8. The van der Waals surface area contributed by atoms with Crippen LogP contribution >= 0.6 is 11.6 Å². The second-order valence-corrected chi connectivity index (χ2v) is 8.97. The van der Waals surface area contributed by atoms with Crippen LogP contribution in [-0.4, -0.2) is 35.9 Å². The van der Waals surface area contributed by atoms with E-state index in [2.05, 4.69) is 10.3 Å². The minimum absolute atomic E-state index is 0.0155. The van der Waals surface area contributed by atoms with Crippen LogP contribution < -0.4 is 5.32 Å². The zero-order valence-electron chi connectivity index (χ0n) is 15.4. The third-order valence-corrected chi connectivity index (χ3v) is 6.11. The van der Waals surface area contributed by atoms with Crippen molar-refractivity contribution < 1.29 is 31.5 Å². The number of aromatic nitrogens is 1. The average molecular weight is 462 g/mol. The molecule has 0 aliphatic carbocycles. The molecular weight excluding hydrogens is 447 g/mol. The van der Waals surface area contributed by atoms with Crippen LogP contribution in [0.25, 0.3) is 0 Å². The van der Waals surface area contributed by atoms with Crippen LogP contribution in [0.15, 0.2) is 36.5 Å². The summed E-state index contributed by atoms with van der Waals surface area (Å²) in [5.41, 5.74) is -5.21. The number of amides is 1. The van der Waals surface area contributed by atoms with Crippen molar-refractivity contribution in [2.45, 2.75) is 18.7 Å². The minimum atomic E-state index is -4.87. The lowest BCUT2D eigenvalue weighted by molar-refractivity contribution is -0.138. The summed E-state index contributed by atoms with van der Waals surface area (Å²) in [6.07, 6.45) is -3.87. The van der Waals surface area contributed by atoms with Crippen LogP contribution in [0.5, 0.6) is 0 Å². The molecule has 30 heavy (non-hydrogen) atoms. The minimum Gasteiger partial charge on any atom is -0.374 e. The van der Waals surface area contributed by atoms with Crippen molar-refractivity contribution in [3.05, 3.63) is 58.4 Å². The van der Waals surface area contributed by atoms with Gasteiger partial charge in [-0.3, -0.25) is 4.79 Å². The molecule has 160 valence electrons. The zero-order chi connectivity index (χ0) is 22.7. The van der Waals surface area contributed by atoms with E-state index in [1.807, 2.05) is 0 Å². The van der Waals surface area contributed by atoms with Gasteiger partial charge in [-0.05, 0) is 24.3 Å². The van der Waals surface area contributed by atoms with Crippen molar-refractivity contribution >= 4 is 33.0 Å². The Morgan fingerprint density at radius 1 is 1.30 bits per heavy atom. The molecule has 0 aliphatic rings. The van der Waals surface area contributed by atoms with Gasteiger partial charge < -0.3 is 10.4 Å². The molecule has 0 spiro atoms. The molecule has 1 amide bonds. The van der Waals surface area contributed by atoms with Crippen molar-refractivity contribution in [1.82, 2.24) is 4.98 Å². The molecule has 2 rings (SSSR count). The Hall–Kier alpha value is -2.68. The Labute approximate surface area is 175 Å². The lowest BCUT2D eigenvalue weighted by Crippen LogP contribution is -2.46. The number of benzene rings is 1. The molecule has 2 N–H and O–H groups in total. The monoisotopic (exact) mass is 461 g/mol. The van der Waals surface area contributed by atoms with Crippen LogP contribution in [0.4, 0.5) is 18.9 Å². The van der Waals surface area contributed by atoms with E-state index < -0.39 is 50.2 Å². The molecule has 0 aliphatic heterocycles. The highest BCUT2D eigenvalue weighted by Crippen LogP contribution is 2.34. The van der Waals surface area contributed by atoms with Gasteiger partial charge in [0, 0.05) is 23.2 Å². The van der Waals surface area contributed by atoms with Crippen molar-refractivity contribution in [3.8, 4) is 6.07 Å². The van der Waals surface area contributed by atoms with Gasteiger partial charge in [0.15, 0.2) is 15.4 Å². The van der Waals surface area contributed by atoms with Gasteiger partial charge in [0.1, 0.15) is 5.15 Å². The van der Waals surface area contributed by atoms with Gasteiger partial charge in [0.25, 0.3) is 5.91 Å². The van der Waals surface area contributed by atoms with E-state index in [0.29, 0.717) is 6.07 Å². The number of pyridine rings is 1. The van der Waals surface area contributed by atoms with Gasteiger partial charge in [0.05, 0.1) is 22.9 Å². The number of nitrogens with one attached hydrogen (secondary N) is 1. The van der Waals surface area contributed by atoms with Crippen LogP contribution in [0.1, 0.15) is 23.6 Å². The molecule has 0 bridgehead atoms. The number of hydrogen-bond donors (Lipinski definition) is 2. The van der Waals surface area contributed by atoms with Gasteiger partial charge >= 0.3 is 6.18 Å². The highest BCUT2D eigenvalue weighted by molar-refractivity contribution is 7.91. The van der Waals surface area contributed by atoms with Crippen LogP contribution in [0.2, 0.25) is 5.15 Å². The predicted octanol–water partition coefficient (Wildman–Crippen LogP) is 2.89. The molecule has 12 heteroatoms. The first-order valence-corrected chi connectivity index (χ1v) is 10.5. The molecule has 1 unspecified atom stereocenters. The summed E-state index contributed by atoms with van der Waals surface area (Å²) in [5.74, 6) is -2.71. The van der Waals surface area contributed by atoms with Crippen molar-refractivity contribution in [2.75, 3.05) is 16.8 Å². The molecule has 1 atom stereocenters. The molecule has 1 aromatic carbocycles. The molecule has 7 nitrogen and oxygen atoms in total. The number of carbonyl (C=O) groups excluding carboxylic acids is 1. The fourth-order valence-electron chi connectivity index (χ4n) is 2.51. The number of carbonyl (C=O) groups is 1. The fourth-order valence-corrected chi connectivity index (χ4v) is 3.76. The predicted molar refractivity (Wildman–Crippen MR) is 102 cm³/mol. The van der Waals surface area contributed by atoms with Crippen LogP contribution in [0, 0.1) is 11.3 Å². The van der Waals surface area contributed by atoms with E-state index >= 15 is 0 Å². The summed E-state index contributed by atoms with van der Waals surface area (Å²) in [4.78, 5) is 16.5. The Morgan fingerprint density at radius 2 is 1.97 bits per heavy atom. The number of rotatable bonds is 6. The topological polar surface area (TPSA) is 120 Å². The van der Waals surface area contributed by atoms with Crippen LogP contribution in [0.3, 0.4) is 0 Å². The molecule has 1 heterocycles. The van der Waals surface area contributed by atoms with Crippen LogP contribution in [-0.2, 0) is 26.4 Å². The number of sulfone groups is 1. The Bertz CT molecular complexity index is 1100. The number of anilines is 1. The molecule has 0 radical (unpaired) electrons. The zero-order valence-corrected chi connectivity index (χ0v) is 16.9. The first-order valence-electron chi connectivity index (χ1n) is 8.30. The van der Waals surface area contributed by atoms with Gasteiger partial charge in [-0.25, -0.2) is 13.4 Å². The maximum absolute atomic E-state index is 13.1. The lowest BCUT2D eigenvalue weighted by atomic mass is 9.96. The summed E-state index contributed by atoms with van der Waals surface area (Å²) in [6, 6.07) is 6.20. The largest absolute Gasteiger partial charge is 0.417 e. The molecule has 2 aromatic rings. The Balaban J connectivity index is 2.50. The van der Waals surface area contributed by atoms with E-state index in [0.717, 1.165) is 18.3 Å². The van der Waals surface area contributed by atoms with E-state index in [-0.39, 0.29) is 16.4 Å². The number of halogens is 4. The number of nitriles is 1. The maximum Gasteiger partial charge on any atom is 0.417 e. The highest BCUT2D eigenvalue weighted by atomic mass is 35.5. The van der Waals surface area contributed by atoms with Gasteiger partial charge in [0.2, 0.25) is 0 Å². The third kappa shape index (κ3) is 5.27. The quantitative estimate of drug-likeness (QED) is 0.638. The van der Waals surface area contributed by atoms with Crippen molar-refractivity contribution in [3.63, 3.8) is 0 Å². The van der Waals surface area contributed by atoms with Gasteiger partial charge in [-0.1, -0.05) is 24.6 Å². The second kappa shape index (κ2) is 8.59. The van der Waals surface area contributed by atoms with Crippen molar-refractivity contribution in [2.24, 2.45) is 0 Å². The normalized spacial score (nSPS) is 13.9. The van der Waals surface area contributed by atoms with Gasteiger partial charge in [-0.15, -0.1) is 0 Å². The Kier molecular flexibility index (Phi) is 6.76. The summed E-state index contributed by atoms with van der Waals surface area (Å²) < 4.78 is 63.7. The molecular formula is C18H15ClF3N3O4S. The summed E-state index contributed by atoms with van der Waals surface area (Å²) >= 11 is 5.68. The van der Waals surface area contributed by atoms with E-state index in [1.54, 1.807) is 0 Å². The molecule has 1 aromatic heterocycles. The van der Waals surface area contributed by atoms with Crippen molar-refractivity contribution in [1.29, 1.82) is 5.26 Å². The Morgan fingerprint density at radius 3 is 2.47 bits per heavy atom. The summed E-state index contributed by atoms with van der Waals surface area (Å²) in [7, 11) is -3.91. The fraction of sp³-hybridized carbons (Fsp3) is 0.278. The SMILES string of the molecule is CCS(=O)(=O)CC(O)(C(=O)Nc1ccc(C#N)c(C(F)(F)F)c1)c1ccc(Cl)nc1. The molecule has 0 saturated carbocycles. The first kappa shape index (κ1) is 23.6. The third-order valence-electron chi connectivity index (χ3n) is 4.15. The number of hydrogen-bond acceptors (Lipinski definition) is 6. The number of alkyl halides is 3. The molecule has 0 saturated heterocycles. The average Bonchev–Trinajstić information content (AvgIpc) is 2.67. The number of aliphatic hydroxyl groups is 1. The highest BCUT2D eigenvalue weighted by Gasteiger charge is 2.43. The summed E-state index contributed by atoms with van der Waals surface area (Å²) in [5, 5.41) is 21.9. The standard InChI is InChI=1S/C18H15ClF3N3O4S/c1-2-30(28,29)10-17(27,12-4-6-15(19)24-9-12)16(26)25-13-5-3-11(8-23)14(7-13)18(20,21)22/h3-7,9,27H,2,10H2,1H3,(H,25,26). The van der Waals surface area contributed by atoms with E-state index in [1.165, 1.54) is 25.1 Å². The van der Waals surface area contributed by atoms with E-state index in [9.17, 15) is 31.5 Å². The summed E-state index contributed by atoms with van der Waals surface area (Å²) in [6.45, 7) is 1.31. The second-order valence-electron chi connectivity index (χ2n) is 6.23. The molecule has 0 fully saturated rings. The van der Waals surface area contributed by atoms with E-state index in [4.69, 9.17) is 16.9 Å². The lowest BCUT2D eigenvalue weighted by Gasteiger charge is -2.27. The maximum atomic E-state index is 13.1. The van der Waals surface area contributed by atoms with Gasteiger partial charge in [-0.2, -0.15) is 18.4 Å². The number of nitrogens with zero attached hydrogens (tertiary/aromatic N) is 2. The smallest absolute Gasteiger partial charge is 0.374 e.